The molecular weight excluding hydrogens is 305 g/mol. The number of hydrogen-bond donors (Lipinski definition) is 0. The molecule has 2 rings (SSSR count). The first kappa shape index (κ1) is 11.4. The third-order valence-corrected chi connectivity index (χ3v) is 3.27. The van der Waals surface area contributed by atoms with E-state index in [4.69, 9.17) is 5.26 Å². The number of halogens is 4. The second-order valence-electron chi connectivity index (χ2n) is 2.93. The zero-order valence-corrected chi connectivity index (χ0v) is 9.87. The van der Waals surface area contributed by atoms with Crippen molar-refractivity contribution in [1.82, 2.24) is 3.97 Å². The molecule has 7 heteroatoms. The van der Waals surface area contributed by atoms with Crippen LogP contribution in [-0.2, 0) is 0 Å². The minimum absolute atomic E-state index is 0.0118. The Kier molecular flexibility index (Phi) is 2.86. The highest BCUT2D eigenvalue weighted by atomic mass is 79.9. The monoisotopic (exact) mass is 306 g/mol. The predicted molar refractivity (Wildman–Crippen MR) is 58.4 cm³/mol. The summed E-state index contributed by atoms with van der Waals surface area (Å²) in [5.41, 5.74) is -0.0550. The maximum atomic E-state index is 13.7. The van der Waals surface area contributed by atoms with Gasteiger partial charge in [0, 0.05) is 12.3 Å². The molecular formula is C9H2BrF3N2S. The molecule has 0 fully saturated rings. The molecule has 0 bridgehead atoms. The van der Waals surface area contributed by atoms with Crippen molar-refractivity contribution in [2.24, 2.45) is 0 Å². The van der Waals surface area contributed by atoms with Crippen LogP contribution in [0.3, 0.4) is 0 Å². The Morgan fingerprint density at radius 1 is 1.44 bits per heavy atom. The first-order valence-electron chi connectivity index (χ1n) is 3.98. The quantitative estimate of drug-likeness (QED) is 0.747. The number of nitriles is 1. The zero-order chi connectivity index (χ0) is 11.9. The third kappa shape index (κ3) is 1.49. The second kappa shape index (κ2) is 4.03. The van der Waals surface area contributed by atoms with Gasteiger partial charge < -0.3 is 0 Å². The summed E-state index contributed by atoms with van der Waals surface area (Å²) >= 11 is 2.50. The highest BCUT2D eigenvalue weighted by Crippen LogP contribution is 2.33. The predicted octanol–water partition coefficient (Wildman–Crippen LogP) is 3.93. The van der Waals surface area contributed by atoms with Crippen molar-refractivity contribution in [3.8, 4) is 6.07 Å². The van der Waals surface area contributed by atoms with Crippen LogP contribution in [0.5, 0.6) is 0 Å². The first-order valence-corrected chi connectivity index (χ1v) is 5.44. The standard InChI is InChI=1S/C9H2BrF3N2S/c10-8-5(11)1-6-7(9(8)12)4(2-14)3-15(6)16-13/h1,3H. The van der Waals surface area contributed by atoms with Crippen LogP contribution >= 0.6 is 28.3 Å². The van der Waals surface area contributed by atoms with E-state index in [1.165, 1.54) is 0 Å². The molecule has 2 nitrogen and oxygen atoms in total. The zero-order valence-electron chi connectivity index (χ0n) is 7.47. The maximum absolute atomic E-state index is 13.7. The lowest BCUT2D eigenvalue weighted by Crippen LogP contribution is -1.88. The lowest BCUT2D eigenvalue weighted by molar-refractivity contribution is 0.580. The van der Waals surface area contributed by atoms with Crippen LogP contribution in [0.2, 0.25) is 0 Å². The Balaban J connectivity index is 2.98. The molecule has 0 spiro atoms. The summed E-state index contributed by atoms with van der Waals surface area (Å²) in [5.74, 6) is -1.75. The first-order chi connectivity index (χ1) is 7.60. The minimum atomic E-state index is -0.903. The summed E-state index contributed by atoms with van der Waals surface area (Å²) in [6.45, 7) is 0. The van der Waals surface area contributed by atoms with E-state index in [-0.39, 0.29) is 33.3 Å². The van der Waals surface area contributed by atoms with Crippen molar-refractivity contribution in [2.45, 2.75) is 0 Å². The van der Waals surface area contributed by atoms with Crippen LogP contribution in [0.15, 0.2) is 16.7 Å². The third-order valence-electron chi connectivity index (χ3n) is 2.09. The van der Waals surface area contributed by atoms with E-state index < -0.39 is 11.6 Å². The van der Waals surface area contributed by atoms with Crippen LogP contribution in [0, 0.1) is 23.0 Å². The number of aromatic nitrogens is 1. The maximum Gasteiger partial charge on any atom is 0.169 e. The summed E-state index contributed by atoms with van der Waals surface area (Å²) < 4.78 is 39.9. The van der Waals surface area contributed by atoms with Crippen LogP contribution in [-0.4, -0.2) is 3.97 Å². The van der Waals surface area contributed by atoms with Crippen molar-refractivity contribution < 1.29 is 12.7 Å². The van der Waals surface area contributed by atoms with E-state index in [1.54, 1.807) is 6.07 Å². The van der Waals surface area contributed by atoms with Gasteiger partial charge in [0.15, 0.2) is 18.2 Å². The molecule has 0 radical (unpaired) electrons. The lowest BCUT2D eigenvalue weighted by atomic mass is 10.2. The smallest absolute Gasteiger partial charge is 0.169 e. The molecule has 2 aromatic rings. The van der Waals surface area contributed by atoms with Gasteiger partial charge in [0.25, 0.3) is 0 Å². The molecule has 0 unspecified atom stereocenters. The molecule has 1 aromatic carbocycles. The molecule has 0 aliphatic rings. The van der Waals surface area contributed by atoms with Gasteiger partial charge in [0.2, 0.25) is 0 Å². The second-order valence-corrected chi connectivity index (χ2v) is 4.25. The summed E-state index contributed by atoms with van der Waals surface area (Å²) in [6, 6.07) is 2.70. The minimum Gasteiger partial charge on any atom is -0.262 e. The summed E-state index contributed by atoms with van der Waals surface area (Å²) in [7, 11) is 0. The Labute approximate surface area is 101 Å². The van der Waals surface area contributed by atoms with E-state index in [9.17, 15) is 12.7 Å². The van der Waals surface area contributed by atoms with E-state index in [0.717, 1.165) is 16.2 Å². The Bertz CT molecular complexity index is 617. The molecule has 82 valence electrons. The van der Waals surface area contributed by atoms with E-state index in [2.05, 4.69) is 15.9 Å². The molecule has 0 aliphatic heterocycles. The van der Waals surface area contributed by atoms with Gasteiger partial charge in [-0.2, -0.15) is 5.26 Å². The molecule has 0 N–H and O–H groups in total. The molecule has 16 heavy (non-hydrogen) atoms. The number of hydrogen-bond acceptors (Lipinski definition) is 2. The molecule has 0 aliphatic carbocycles. The molecule has 0 amide bonds. The average Bonchev–Trinajstić information content (AvgIpc) is 2.64. The van der Waals surface area contributed by atoms with Crippen molar-refractivity contribution in [2.75, 3.05) is 0 Å². The molecule has 0 saturated heterocycles. The van der Waals surface area contributed by atoms with E-state index in [0.29, 0.717) is 0 Å². The Hall–Kier alpha value is -1.13. The Morgan fingerprint density at radius 2 is 2.12 bits per heavy atom. The highest BCUT2D eigenvalue weighted by molar-refractivity contribution is 9.10. The average molecular weight is 307 g/mol. The topological polar surface area (TPSA) is 28.7 Å². The van der Waals surface area contributed by atoms with Gasteiger partial charge in [0.1, 0.15) is 11.9 Å². The fraction of sp³-hybridized carbons (Fsp3) is 0. The molecule has 0 atom stereocenters. The van der Waals surface area contributed by atoms with Gasteiger partial charge in [-0.3, -0.25) is 3.97 Å². The summed E-state index contributed by atoms with van der Waals surface area (Å²) in [6.07, 6.45) is 1.12. The van der Waals surface area contributed by atoms with Crippen molar-refractivity contribution in [3.63, 3.8) is 0 Å². The van der Waals surface area contributed by atoms with Crippen LogP contribution in [0.4, 0.5) is 12.7 Å². The lowest BCUT2D eigenvalue weighted by Gasteiger charge is -2.00. The fourth-order valence-electron chi connectivity index (χ4n) is 1.41. The Morgan fingerprint density at radius 3 is 2.69 bits per heavy atom. The van der Waals surface area contributed by atoms with E-state index >= 15 is 0 Å². The van der Waals surface area contributed by atoms with Crippen molar-refractivity contribution in [1.29, 1.82) is 5.26 Å². The molecule has 1 aromatic heterocycles. The van der Waals surface area contributed by atoms with Gasteiger partial charge in [-0.25, -0.2) is 8.78 Å². The van der Waals surface area contributed by atoms with Gasteiger partial charge in [-0.05, 0) is 15.9 Å². The van der Waals surface area contributed by atoms with Gasteiger partial charge in [0.05, 0.1) is 20.9 Å². The van der Waals surface area contributed by atoms with Gasteiger partial charge in [-0.15, -0.1) is 3.89 Å². The highest BCUT2D eigenvalue weighted by Gasteiger charge is 2.19. The largest absolute Gasteiger partial charge is 0.262 e. The molecule has 0 saturated carbocycles. The van der Waals surface area contributed by atoms with Crippen molar-refractivity contribution in [3.05, 3.63) is 33.9 Å². The fourth-order valence-corrected chi connectivity index (χ4v) is 2.08. The van der Waals surface area contributed by atoms with Gasteiger partial charge in [-0.1, -0.05) is 0 Å². The number of benzene rings is 1. The van der Waals surface area contributed by atoms with E-state index in [1.807, 2.05) is 0 Å². The number of rotatable bonds is 1. The van der Waals surface area contributed by atoms with Gasteiger partial charge >= 0.3 is 0 Å². The normalized spacial score (nSPS) is 10.7. The SMILES string of the molecule is N#Cc1cn(SF)c2cc(F)c(Br)c(F)c12. The summed E-state index contributed by atoms with van der Waals surface area (Å²) in [5, 5.41) is 8.66. The van der Waals surface area contributed by atoms with Crippen LogP contribution in [0.25, 0.3) is 10.9 Å². The molecule has 1 heterocycles. The number of fused-ring (bicyclic) bond motifs is 1. The van der Waals surface area contributed by atoms with Crippen LogP contribution in [0.1, 0.15) is 5.56 Å². The van der Waals surface area contributed by atoms with Crippen molar-refractivity contribution >= 4 is 39.2 Å². The number of nitrogens with zero attached hydrogens (tertiary/aromatic N) is 2. The van der Waals surface area contributed by atoms with Crippen LogP contribution < -0.4 is 0 Å². The summed E-state index contributed by atoms with van der Waals surface area (Å²) in [4.78, 5) is 0.